The number of hydrogen-bond acceptors (Lipinski definition) is 5. The van der Waals surface area contributed by atoms with Crippen LogP contribution in [0.4, 0.5) is 10.5 Å². The first kappa shape index (κ1) is 18.7. The molecule has 0 radical (unpaired) electrons. The number of aryl methyl sites for hydroxylation is 1. The summed E-state index contributed by atoms with van der Waals surface area (Å²) in [4.78, 5) is 46.3. The van der Waals surface area contributed by atoms with E-state index in [1.54, 1.807) is 18.7 Å². The van der Waals surface area contributed by atoms with Gasteiger partial charge in [0.05, 0.1) is 19.8 Å². The molecule has 28 heavy (non-hydrogen) atoms. The van der Waals surface area contributed by atoms with E-state index in [1.165, 1.54) is 29.3 Å². The van der Waals surface area contributed by atoms with Gasteiger partial charge in [-0.1, -0.05) is 18.2 Å². The van der Waals surface area contributed by atoms with E-state index >= 15 is 0 Å². The molecule has 0 bridgehead atoms. The maximum absolute atomic E-state index is 12.9. The van der Waals surface area contributed by atoms with Gasteiger partial charge in [0.25, 0.3) is 23.0 Å². The highest BCUT2D eigenvalue weighted by Crippen LogP contribution is 2.28. The topological polar surface area (TPSA) is 76.3 Å². The van der Waals surface area contributed by atoms with Gasteiger partial charge in [-0.15, -0.1) is 4.99 Å². The van der Waals surface area contributed by atoms with Crippen molar-refractivity contribution in [2.75, 3.05) is 38.3 Å². The third kappa shape index (κ3) is 2.90. The van der Waals surface area contributed by atoms with Crippen LogP contribution in [0.2, 0.25) is 0 Å². The Hall–Kier alpha value is -2.68. The summed E-state index contributed by atoms with van der Waals surface area (Å²) in [5, 5.41) is 0.571. The van der Waals surface area contributed by atoms with Gasteiger partial charge in [0.2, 0.25) is 5.91 Å². The summed E-state index contributed by atoms with van der Waals surface area (Å²) in [6.07, 6.45) is 1.93. The number of carbonyl (C=O) groups is 3. The van der Waals surface area contributed by atoms with E-state index in [-0.39, 0.29) is 23.6 Å². The molecule has 1 fully saturated rings. The van der Waals surface area contributed by atoms with Crippen molar-refractivity contribution in [1.29, 1.82) is 0 Å². The number of anilines is 1. The number of hydrogen-bond donors (Lipinski definition) is 0. The number of aliphatic imine (C=N–C) groups is 1. The number of amides is 4. The number of urea groups is 1. The van der Waals surface area contributed by atoms with Crippen LogP contribution in [-0.2, 0) is 16.0 Å². The first-order chi connectivity index (χ1) is 13.4. The zero-order chi connectivity index (χ0) is 20.0. The van der Waals surface area contributed by atoms with Gasteiger partial charge in [0, 0.05) is 19.3 Å². The predicted molar refractivity (Wildman–Crippen MR) is 108 cm³/mol. The lowest BCUT2D eigenvalue weighted by Gasteiger charge is -2.29. The second kappa shape index (κ2) is 7.05. The minimum Gasteiger partial charge on any atom is -0.311 e. The van der Waals surface area contributed by atoms with Gasteiger partial charge in [-0.3, -0.25) is 14.5 Å². The molecular formula is C19H22N5O3S+. The third-order valence-electron chi connectivity index (χ3n) is 5.33. The van der Waals surface area contributed by atoms with Crippen LogP contribution in [0, 0.1) is 0 Å². The van der Waals surface area contributed by atoms with Gasteiger partial charge in [0.1, 0.15) is 0 Å². The highest BCUT2D eigenvalue weighted by molar-refractivity contribution is 8.14. The summed E-state index contributed by atoms with van der Waals surface area (Å²) in [7, 11) is 4.85. The molecule has 0 saturated carbocycles. The summed E-state index contributed by atoms with van der Waals surface area (Å²) in [6, 6.07) is 6.87. The van der Waals surface area contributed by atoms with Gasteiger partial charge in [-0.05, 0) is 36.2 Å². The average Bonchev–Trinajstić information content (AvgIpc) is 3.05. The molecule has 0 N–H and O–H groups in total. The van der Waals surface area contributed by atoms with E-state index in [2.05, 4.69) is 11.1 Å². The molecule has 3 heterocycles. The standard InChI is InChI=1S/C19H22N5O3S/c1-21-16-15(17(26)23(3)19(27)22(16)2)20-18(21)28-11-14(25)24-10-6-8-12-7-4-5-9-13(12)24/h4-5,7,9,15H,6,8,10-11H2,1-3H3/q+1. The number of imide groups is 1. The van der Waals surface area contributed by atoms with Crippen LogP contribution >= 0.6 is 11.8 Å². The SMILES string of the molecule is CN1C(=O)C2N=C(SCC(=O)N3CCCc4ccccc43)[N+](C)=C2N(C)C1=O. The van der Waals surface area contributed by atoms with E-state index in [0.717, 1.165) is 23.4 Å². The van der Waals surface area contributed by atoms with Crippen LogP contribution in [0.25, 0.3) is 0 Å². The predicted octanol–water partition coefficient (Wildman–Crippen LogP) is 1.00. The Morgan fingerprint density at radius 3 is 2.79 bits per heavy atom. The normalized spacial score (nSPS) is 21.8. The molecule has 0 aliphatic carbocycles. The molecule has 1 aromatic rings. The Morgan fingerprint density at radius 1 is 1.25 bits per heavy atom. The Morgan fingerprint density at radius 2 is 2.00 bits per heavy atom. The molecule has 4 amide bonds. The summed E-state index contributed by atoms with van der Waals surface area (Å²) >= 11 is 1.30. The van der Waals surface area contributed by atoms with E-state index in [1.807, 2.05) is 23.1 Å². The minimum atomic E-state index is -0.731. The lowest BCUT2D eigenvalue weighted by molar-refractivity contribution is -0.367. The number of likely N-dealkylation sites (N-methyl/N-ethyl adjacent to an activating group) is 2. The number of rotatable bonds is 2. The molecule has 4 rings (SSSR count). The molecule has 3 aliphatic heterocycles. The highest BCUT2D eigenvalue weighted by Gasteiger charge is 2.51. The van der Waals surface area contributed by atoms with Crippen LogP contribution in [0.5, 0.6) is 0 Å². The van der Waals surface area contributed by atoms with E-state index in [9.17, 15) is 14.4 Å². The molecule has 1 atom stereocenters. The summed E-state index contributed by atoms with van der Waals surface area (Å²) in [5.74, 6) is 0.420. The van der Waals surface area contributed by atoms with Crippen molar-refractivity contribution in [2.45, 2.75) is 18.9 Å². The van der Waals surface area contributed by atoms with E-state index in [0.29, 0.717) is 17.5 Å². The largest absolute Gasteiger partial charge is 0.388 e. The molecule has 146 valence electrons. The molecule has 0 spiro atoms. The fourth-order valence-corrected chi connectivity index (χ4v) is 4.72. The quantitative estimate of drug-likeness (QED) is 0.694. The number of nitrogens with zero attached hydrogens (tertiary/aromatic N) is 5. The number of amidine groups is 2. The Labute approximate surface area is 167 Å². The number of thioether (sulfide) groups is 1. The van der Waals surface area contributed by atoms with Crippen LogP contribution in [0.1, 0.15) is 12.0 Å². The van der Waals surface area contributed by atoms with Gasteiger partial charge in [-0.25, -0.2) is 14.3 Å². The van der Waals surface area contributed by atoms with Gasteiger partial charge in [-0.2, -0.15) is 0 Å². The summed E-state index contributed by atoms with van der Waals surface area (Å²) in [6.45, 7) is 0.708. The number of fused-ring (bicyclic) bond motifs is 2. The zero-order valence-electron chi connectivity index (χ0n) is 16.1. The van der Waals surface area contributed by atoms with Gasteiger partial charge in [0.15, 0.2) is 0 Å². The Kier molecular flexibility index (Phi) is 4.70. The lowest BCUT2D eigenvalue weighted by Crippen LogP contribution is -2.59. The van der Waals surface area contributed by atoms with Crippen molar-refractivity contribution >= 4 is 46.3 Å². The second-order valence-corrected chi connectivity index (χ2v) is 7.98. The molecule has 9 heteroatoms. The highest BCUT2D eigenvalue weighted by atomic mass is 32.2. The van der Waals surface area contributed by atoms with Gasteiger partial charge >= 0.3 is 6.03 Å². The molecular weight excluding hydrogens is 378 g/mol. The van der Waals surface area contributed by atoms with Crippen LogP contribution in [0.3, 0.4) is 0 Å². The lowest BCUT2D eigenvalue weighted by atomic mass is 10.0. The Bertz CT molecular complexity index is 941. The third-order valence-corrected chi connectivity index (χ3v) is 6.36. The molecule has 0 aromatic heterocycles. The Balaban J connectivity index is 1.50. The number of para-hydroxylation sites is 1. The summed E-state index contributed by atoms with van der Waals surface area (Å²) < 4.78 is 1.73. The first-order valence-corrected chi connectivity index (χ1v) is 10.1. The fourth-order valence-electron chi connectivity index (χ4n) is 3.84. The second-order valence-electron chi connectivity index (χ2n) is 7.04. The van der Waals surface area contributed by atoms with Crippen molar-refractivity contribution in [2.24, 2.45) is 4.99 Å². The van der Waals surface area contributed by atoms with Crippen molar-refractivity contribution < 1.29 is 19.0 Å². The monoisotopic (exact) mass is 400 g/mol. The molecule has 8 nitrogen and oxygen atoms in total. The van der Waals surface area contributed by atoms with Crippen molar-refractivity contribution in [3.8, 4) is 0 Å². The number of carbonyl (C=O) groups excluding carboxylic acids is 3. The van der Waals surface area contributed by atoms with Crippen molar-refractivity contribution in [3.05, 3.63) is 29.8 Å². The smallest absolute Gasteiger partial charge is 0.311 e. The molecule has 3 aliphatic rings. The van der Waals surface area contributed by atoms with Crippen molar-refractivity contribution in [3.63, 3.8) is 0 Å². The maximum Gasteiger partial charge on any atom is 0.388 e. The van der Waals surface area contributed by atoms with E-state index in [4.69, 9.17) is 0 Å². The maximum atomic E-state index is 12.9. The molecule has 1 saturated heterocycles. The molecule has 1 unspecified atom stereocenters. The fraction of sp³-hybridized carbons (Fsp3) is 0.421. The zero-order valence-corrected chi connectivity index (χ0v) is 16.9. The van der Waals surface area contributed by atoms with Crippen LogP contribution < -0.4 is 4.90 Å². The van der Waals surface area contributed by atoms with Crippen LogP contribution in [0.15, 0.2) is 29.3 Å². The van der Waals surface area contributed by atoms with E-state index < -0.39 is 6.04 Å². The number of benzene rings is 1. The minimum absolute atomic E-state index is 0.0148. The van der Waals surface area contributed by atoms with Crippen LogP contribution in [-0.4, -0.2) is 82.7 Å². The van der Waals surface area contributed by atoms with Gasteiger partial charge < -0.3 is 4.90 Å². The average molecular weight is 400 g/mol. The van der Waals surface area contributed by atoms with Crippen molar-refractivity contribution in [1.82, 2.24) is 9.80 Å². The first-order valence-electron chi connectivity index (χ1n) is 9.15. The molecule has 1 aromatic carbocycles. The summed E-state index contributed by atoms with van der Waals surface area (Å²) in [5.41, 5.74) is 2.17.